The Kier molecular flexibility index (Phi) is 3.48. The van der Waals surface area contributed by atoms with Gasteiger partial charge in [-0.1, -0.05) is 6.92 Å². The second-order valence-electron chi connectivity index (χ2n) is 4.73. The predicted molar refractivity (Wildman–Crippen MR) is 73.9 cm³/mol. The molecule has 0 aliphatic heterocycles. The van der Waals surface area contributed by atoms with Crippen molar-refractivity contribution in [1.82, 2.24) is 10.3 Å². The molecule has 2 heterocycles. The molecule has 0 unspecified atom stereocenters. The molecule has 18 heavy (non-hydrogen) atoms. The van der Waals surface area contributed by atoms with Crippen LogP contribution in [0.2, 0.25) is 0 Å². The highest BCUT2D eigenvalue weighted by Gasteiger charge is 2.20. The van der Waals surface area contributed by atoms with E-state index < -0.39 is 0 Å². The first-order valence-corrected chi connectivity index (χ1v) is 7.49. The second kappa shape index (κ2) is 5.24. The van der Waals surface area contributed by atoms with E-state index in [-0.39, 0.29) is 0 Å². The molecule has 3 nitrogen and oxygen atoms in total. The van der Waals surface area contributed by atoms with Crippen molar-refractivity contribution in [1.29, 1.82) is 0 Å². The average Bonchev–Trinajstić information content (AvgIpc) is 2.92. The maximum atomic E-state index is 5.83. The molecule has 1 aliphatic rings. The van der Waals surface area contributed by atoms with Gasteiger partial charge in [0.2, 0.25) is 0 Å². The number of oxazole rings is 1. The SMILES string of the molecule is CCc1ccsc1-c1cnc(CCNC2CC2)o1. The molecule has 1 saturated carbocycles. The van der Waals surface area contributed by atoms with Crippen molar-refractivity contribution in [3.63, 3.8) is 0 Å². The Bertz CT molecular complexity index is 513. The zero-order valence-corrected chi connectivity index (χ0v) is 11.4. The molecule has 1 aliphatic carbocycles. The highest BCUT2D eigenvalue weighted by Crippen LogP contribution is 2.30. The van der Waals surface area contributed by atoms with Crippen molar-refractivity contribution < 1.29 is 4.42 Å². The molecule has 96 valence electrons. The Morgan fingerprint density at radius 3 is 3.17 bits per heavy atom. The minimum Gasteiger partial charge on any atom is -0.440 e. The van der Waals surface area contributed by atoms with Crippen molar-refractivity contribution >= 4 is 11.3 Å². The summed E-state index contributed by atoms with van der Waals surface area (Å²) >= 11 is 1.73. The Labute approximate surface area is 111 Å². The Morgan fingerprint density at radius 1 is 1.50 bits per heavy atom. The van der Waals surface area contributed by atoms with Gasteiger partial charge in [0.05, 0.1) is 11.1 Å². The van der Waals surface area contributed by atoms with Crippen LogP contribution in [0.15, 0.2) is 22.1 Å². The summed E-state index contributed by atoms with van der Waals surface area (Å²) in [4.78, 5) is 5.59. The fourth-order valence-electron chi connectivity index (χ4n) is 2.03. The summed E-state index contributed by atoms with van der Waals surface area (Å²) in [6.45, 7) is 3.14. The molecule has 0 aromatic carbocycles. The lowest BCUT2D eigenvalue weighted by Gasteiger charge is -1.99. The van der Waals surface area contributed by atoms with Gasteiger partial charge in [-0.3, -0.25) is 0 Å². The van der Waals surface area contributed by atoms with Crippen molar-refractivity contribution in [3.8, 4) is 10.6 Å². The highest BCUT2D eigenvalue weighted by molar-refractivity contribution is 7.13. The van der Waals surface area contributed by atoms with Gasteiger partial charge < -0.3 is 9.73 Å². The first kappa shape index (κ1) is 11.9. The lowest BCUT2D eigenvalue weighted by atomic mass is 10.2. The van der Waals surface area contributed by atoms with E-state index in [1.807, 2.05) is 6.20 Å². The topological polar surface area (TPSA) is 38.1 Å². The molecule has 0 saturated heterocycles. The minimum atomic E-state index is 0.753. The van der Waals surface area contributed by atoms with Crippen LogP contribution in [0.1, 0.15) is 31.2 Å². The van der Waals surface area contributed by atoms with Crippen LogP contribution in [0.4, 0.5) is 0 Å². The van der Waals surface area contributed by atoms with E-state index in [2.05, 4.69) is 28.7 Å². The van der Waals surface area contributed by atoms with E-state index >= 15 is 0 Å². The van der Waals surface area contributed by atoms with Crippen LogP contribution in [0.25, 0.3) is 10.6 Å². The molecular formula is C14H18N2OS. The summed E-state index contributed by atoms with van der Waals surface area (Å²) in [7, 11) is 0. The normalized spacial score (nSPS) is 15.2. The molecular weight excluding hydrogens is 244 g/mol. The lowest BCUT2D eigenvalue weighted by molar-refractivity contribution is 0.495. The monoisotopic (exact) mass is 262 g/mol. The summed E-state index contributed by atoms with van der Waals surface area (Å²) in [5.41, 5.74) is 1.35. The van der Waals surface area contributed by atoms with Crippen LogP contribution in [0, 0.1) is 0 Å². The third-order valence-corrected chi connectivity index (χ3v) is 4.23. The van der Waals surface area contributed by atoms with Gasteiger partial charge in [0, 0.05) is 19.0 Å². The first-order chi connectivity index (χ1) is 8.86. The molecule has 0 bridgehead atoms. The zero-order valence-electron chi connectivity index (χ0n) is 10.6. The number of nitrogens with zero attached hydrogens (tertiary/aromatic N) is 1. The van der Waals surface area contributed by atoms with Gasteiger partial charge in [-0.25, -0.2) is 4.98 Å². The summed E-state index contributed by atoms with van der Waals surface area (Å²) in [6.07, 6.45) is 6.43. The van der Waals surface area contributed by atoms with Gasteiger partial charge in [-0.2, -0.15) is 0 Å². The van der Waals surface area contributed by atoms with E-state index in [1.54, 1.807) is 11.3 Å². The molecule has 3 rings (SSSR count). The Balaban J connectivity index is 1.64. The molecule has 1 N–H and O–H groups in total. The number of hydrogen-bond donors (Lipinski definition) is 1. The molecule has 0 radical (unpaired) electrons. The van der Waals surface area contributed by atoms with E-state index in [9.17, 15) is 0 Å². The first-order valence-electron chi connectivity index (χ1n) is 6.61. The minimum absolute atomic E-state index is 0.753. The summed E-state index contributed by atoms with van der Waals surface area (Å²) < 4.78 is 5.83. The second-order valence-corrected chi connectivity index (χ2v) is 5.64. The lowest BCUT2D eigenvalue weighted by Crippen LogP contribution is -2.19. The van der Waals surface area contributed by atoms with Crippen molar-refractivity contribution in [2.24, 2.45) is 0 Å². The quantitative estimate of drug-likeness (QED) is 0.868. The van der Waals surface area contributed by atoms with E-state index in [0.717, 1.165) is 37.1 Å². The maximum Gasteiger partial charge on any atom is 0.196 e. The Hall–Kier alpha value is -1.13. The van der Waals surface area contributed by atoms with Crippen LogP contribution >= 0.6 is 11.3 Å². The molecule has 1 fully saturated rings. The molecule has 0 spiro atoms. The number of hydrogen-bond acceptors (Lipinski definition) is 4. The van der Waals surface area contributed by atoms with Gasteiger partial charge in [0.1, 0.15) is 0 Å². The van der Waals surface area contributed by atoms with E-state index in [1.165, 1.54) is 23.3 Å². The van der Waals surface area contributed by atoms with Crippen LogP contribution in [0.5, 0.6) is 0 Å². The summed E-state index contributed by atoms with van der Waals surface area (Å²) in [5, 5.41) is 5.59. The van der Waals surface area contributed by atoms with Crippen molar-refractivity contribution in [3.05, 3.63) is 29.1 Å². The number of aromatic nitrogens is 1. The average molecular weight is 262 g/mol. The van der Waals surface area contributed by atoms with Crippen LogP contribution in [-0.2, 0) is 12.8 Å². The van der Waals surface area contributed by atoms with Gasteiger partial charge in [0.25, 0.3) is 0 Å². The van der Waals surface area contributed by atoms with Gasteiger partial charge in [-0.15, -0.1) is 11.3 Å². The van der Waals surface area contributed by atoms with Crippen LogP contribution < -0.4 is 5.32 Å². The number of rotatable bonds is 6. The molecule has 2 aromatic heterocycles. The van der Waals surface area contributed by atoms with Crippen molar-refractivity contribution in [2.45, 2.75) is 38.6 Å². The number of nitrogens with one attached hydrogen (secondary N) is 1. The number of thiophene rings is 1. The number of aryl methyl sites for hydroxylation is 1. The van der Waals surface area contributed by atoms with Gasteiger partial charge in [0.15, 0.2) is 11.7 Å². The Morgan fingerprint density at radius 2 is 2.39 bits per heavy atom. The van der Waals surface area contributed by atoms with Gasteiger partial charge >= 0.3 is 0 Å². The fourth-order valence-corrected chi connectivity index (χ4v) is 2.97. The third-order valence-electron chi connectivity index (χ3n) is 3.25. The highest BCUT2D eigenvalue weighted by atomic mass is 32.1. The van der Waals surface area contributed by atoms with Crippen LogP contribution in [0.3, 0.4) is 0 Å². The molecule has 0 atom stereocenters. The molecule has 0 amide bonds. The maximum absolute atomic E-state index is 5.83. The summed E-state index contributed by atoms with van der Waals surface area (Å²) in [5.74, 6) is 1.76. The predicted octanol–water partition coefficient (Wildman–Crippen LogP) is 3.26. The smallest absolute Gasteiger partial charge is 0.196 e. The zero-order chi connectivity index (χ0) is 12.4. The van der Waals surface area contributed by atoms with E-state index in [4.69, 9.17) is 4.42 Å². The standard InChI is InChI=1S/C14H18N2OS/c1-2-10-6-8-18-14(10)12-9-16-13(17-12)5-7-15-11-3-4-11/h6,8-9,11,15H,2-5,7H2,1H3. The van der Waals surface area contributed by atoms with Crippen molar-refractivity contribution in [2.75, 3.05) is 6.54 Å². The largest absolute Gasteiger partial charge is 0.440 e. The third kappa shape index (κ3) is 2.65. The van der Waals surface area contributed by atoms with E-state index in [0.29, 0.717) is 0 Å². The van der Waals surface area contributed by atoms with Crippen LogP contribution in [-0.4, -0.2) is 17.6 Å². The molecule has 2 aromatic rings. The molecule has 4 heteroatoms. The summed E-state index contributed by atoms with van der Waals surface area (Å²) in [6, 6.07) is 2.92. The fraction of sp³-hybridized carbons (Fsp3) is 0.500. The van der Waals surface area contributed by atoms with Gasteiger partial charge in [-0.05, 0) is 36.3 Å².